The number of fused-ring (bicyclic) bond motifs is 2. The van der Waals surface area contributed by atoms with Gasteiger partial charge in [-0.2, -0.15) is 0 Å². The van der Waals surface area contributed by atoms with Gasteiger partial charge in [0, 0.05) is 11.1 Å². The maximum absolute atomic E-state index is 6.83. The topological polar surface area (TPSA) is 27.7 Å². The summed E-state index contributed by atoms with van der Waals surface area (Å²) in [7, 11) is 0. The van der Waals surface area contributed by atoms with E-state index in [0.29, 0.717) is 12.5 Å². The summed E-state index contributed by atoms with van der Waals surface area (Å²) in [6, 6.07) is 53.0. The van der Waals surface area contributed by atoms with E-state index in [1.54, 1.807) is 0 Å². The average molecular weight is 631 g/mol. The van der Waals surface area contributed by atoms with Gasteiger partial charge in [0.25, 0.3) is 0 Å². The highest BCUT2D eigenvalue weighted by Gasteiger charge is 2.35. The number of hydrogen-bond acceptors (Lipinski definition) is 3. The highest BCUT2D eigenvalue weighted by atomic mass is 16.7. The molecule has 6 aromatic rings. The molecule has 1 aliphatic rings. The molecular weight excluding hydrogens is 588 g/mol. The Hall–Kier alpha value is -5.12. The molecule has 0 saturated carbocycles. The number of rotatable bonds is 12. The molecule has 6 aromatic carbocycles. The molecule has 2 unspecified atom stereocenters. The first kappa shape index (κ1) is 31.5. The fraction of sp³-hybridized carbons (Fsp3) is 0.200. The van der Waals surface area contributed by atoms with Gasteiger partial charge in [0.2, 0.25) is 6.29 Å². The summed E-state index contributed by atoms with van der Waals surface area (Å²) in [5, 5.41) is 0. The fourth-order valence-electron chi connectivity index (χ4n) is 6.76. The van der Waals surface area contributed by atoms with Gasteiger partial charge in [-0.1, -0.05) is 141 Å². The van der Waals surface area contributed by atoms with Crippen LogP contribution < -0.4 is 9.47 Å². The van der Waals surface area contributed by atoms with Crippen LogP contribution in [0.25, 0.3) is 22.3 Å². The van der Waals surface area contributed by atoms with E-state index in [1.807, 2.05) is 24.3 Å². The largest absolute Gasteiger partial charge is 0.464 e. The lowest BCUT2D eigenvalue weighted by atomic mass is 9.87. The Morgan fingerprint density at radius 3 is 1.71 bits per heavy atom. The average Bonchev–Trinajstić information content (AvgIpc) is 3.15. The van der Waals surface area contributed by atoms with Gasteiger partial charge < -0.3 is 14.2 Å². The van der Waals surface area contributed by atoms with Gasteiger partial charge in [0.05, 0.1) is 12.5 Å². The van der Waals surface area contributed by atoms with E-state index >= 15 is 0 Å². The van der Waals surface area contributed by atoms with E-state index in [2.05, 4.69) is 141 Å². The maximum atomic E-state index is 6.83. The predicted molar refractivity (Wildman–Crippen MR) is 196 cm³/mol. The van der Waals surface area contributed by atoms with E-state index in [-0.39, 0.29) is 5.92 Å². The van der Waals surface area contributed by atoms with Crippen LogP contribution in [0.5, 0.6) is 17.2 Å². The van der Waals surface area contributed by atoms with Gasteiger partial charge >= 0.3 is 0 Å². The summed E-state index contributed by atoms with van der Waals surface area (Å²) in [5.74, 6) is 2.83. The van der Waals surface area contributed by atoms with E-state index in [1.165, 1.54) is 33.4 Å². The lowest BCUT2D eigenvalue weighted by molar-refractivity contribution is -0.0911. The molecule has 3 nitrogen and oxygen atoms in total. The molecule has 0 amide bonds. The monoisotopic (exact) mass is 630 g/mol. The zero-order chi connectivity index (χ0) is 32.7. The summed E-state index contributed by atoms with van der Waals surface area (Å²) in [4.78, 5) is 0. The molecule has 240 valence electrons. The molecule has 3 heteroatoms. The van der Waals surface area contributed by atoms with Crippen LogP contribution in [-0.2, 0) is 11.2 Å². The van der Waals surface area contributed by atoms with Gasteiger partial charge in [-0.3, -0.25) is 0 Å². The van der Waals surface area contributed by atoms with Crippen molar-refractivity contribution in [2.45, 2.75) is 51.2 Å². The van der Waals surface area contributed by atoms with Gasteiger partial charge in [-0.15, -0.1) is 0 Å². The second-order valence-corrected chi connectivity index (χ2v) is 12.6. The second-order valence-electron chi connectivity index (χ2n) is 12.6. The van der Waals surface area contributed by atoms with Crippen molar-refractivity contribution >= 4 is 0 Å². The number of benzene rings is 6. The molecule has 0 spiro atoms. The standard InChI is InChI=1S/C45H42O3/c1-3-32(2)33-27-29-36(30-28-33)47-45(44-40-20-10-12-25-42(40)48-43-26-13-11-21-41(43)44)46-31-15-24-39-37(34-16-6-4-7-17-34)22-14-23-38(39)35-18-8-5-9-19-35/h4-14,16-23,25-30,32,44-45H,3,15,24,31H2,1-2H3. The fourth-order valence-corrected chi connectivity index (χ4v) is 6.76. The zero-order valence-corrected chi connectivity index (χ0v) is 27.7. The lowest BCUT2D eigenvalue weighted by Gasteiger charge is -2.34. The first-order valence-electron chi connectivity index (χ1n) is 17.2. The first-order chi connectivity index (χ1) is 23.7. The quantitative estimate of drug-likeness (QED) is 0.0994. The summed E-state index contributed by atoms with van der Waals surface area (Å²) in [6.45, 7) is 5.02. The lowest BCUT2D eigenvalue weighted by Crippen LogP contribution is -2.32. The molecule has 7 rings (SSSR count). The molecule has 0 aromatic heterocycles. The molecule has 0 saturated heterocycles. The molecule has 0 N–H and O–H groups in total. The molecule has 1 heterocycles. The predicted octanol–water partition coefficient (Wildman–Crippen LogP) is 11.8. The van der Waals surface area contributed by atoms with Crippen molar-refractivity contribution in [3.63, 3.8) is 0 Å². The number of ether oxygens (including phenoxy) is 3. The second kappa shape index (κ2) is 14.8. The summed E-state index contributed by atoms with van der Waals surface area (Å²) in [5.41, 5.74) is 9.76. The Morgan fingerprint density at radius 1 is 0.604 bits per heavy atom. The Morgan fingerprint density at radius 2 is 1.15 bits per heavy atom. The summed E-state index contributed by atoms with van der Waals surface area (Å²) < 4.78 is 20.0. The van der Waals surface area contributed by atoms with Crippen LogP contribution in [0, 0.1) is 0 Å². The third-order valence-corrected chi connectivity index (χ3v) is 9.51. The number of hydrogen-bond donors (Lipinski definition) is 0. The molecule has 2 atom stereocenters. The SMILES string of the molecule is CCC(C)c1ccc(OC(OCCCc2c(-c3ccccc3)cccc2-c2ccccc2)C2c3ccccc3Oc3ccccc32)cc1. The third-order valence-electron chi connectivity index (χ3n) is 9.51. The van der Waals surface area contributed by atoms with E-state index in [9.17, 15) is 0 Å². The zero-order valence-electron chi connectivity index (χ0n) is 27.7. The minimum absolute atomic E-state index is 0.156. The maximum Gasteiger partial charge on any atom is 0.211 e. The van der Waals surface area contributed by atoms with E-state index in [4.69, 9.17) is 14.2 Å². The molecular formula is C45H42O3. The highest BCUT2D eigenvalue weighted by Crippen LogP contribution is 2.46. The Bertz CT molecular complexity index is 1830. The molecule has 0 fully saturated rings. The van der Waals surface area contributed by atoms with E-state index < -0.39 is 6.29 Å². The van der Waals surface area contributed by atoms with Crippen molar-refractivity contribution in [1.82, 2.24) is 0 Å². The highest BCUT2D eigenvalue weighted by molar-refractivity contribution is 5.78. The summed E-state index contributed by atoms with van der Waals surface area (Å²) in [6.07, 6.45) is 2.25. The van der Waals surface area contributed by atoms with Gasteiger partial charge in [0.15, 0.2) is 0 Å². The molecule has 0 radical (unpaired) electrons. The van der Waals surface area contributed by atoms with Crippen LogP contribution in [0.3, 0.4) is 0 Å². The van der Waals surface area contributed by atoms with Crippen molar-refractivity contribution in [3.8, 4) is 39.5 Å². The van der Waals surface area contributed by atoms with Gasteiger partial charge in [-0.25, -0.2) is 0 Å². The van der Waals surface area contributed by atoms with E-state index in [0.717, 1.165) is 47.6 Å². The Balaban J connectivity index is 1.19. The van der Waals surface area contributed by atoms with Crippen LogP contribution in [0.1, 0.15) is 60.8 Å². The van der Waals surface area contributed by atoms with Crippen LogP contribution in [0.15, 0.2) is 152 Å². The first-order valence-corrected chi connectivity index (χ1v) is 17.2. The molecule has 1 aliphatic heterocycles. The minimum Gasteiger partial charge on any atom is -0.464 e. The van der Waals surface area contributed by atoms with Crippen molar-refractivity contribution in [2.75, 3.05) is 6.61 Å². The Kier molecular flexibility index (Phi) is 9.67. The molecule has 48 heavy (non-hydrogen) atoms. The van der Waals surface area contributed by atoms with Gasteiger partial charge in [-0.05, 0) is 82.8 Å². The molecule has 0 aliphatic carbocycles. The van der Waals surface area contributed by atoms with Gasteiger partial charge in [0.1, 0.15) is 17.2 Å². The minimum atomic E-state index is -0.552. The van der Waals surface area contributed by atoms with Crippen LogP contribution in [0.2, 0.25) is 0 Å². The van der Waals surface area contributed by atoms with Crippen LogP contribution in [0.4, 0.5) is 0 Å². The Labute approximate surface area is 284 Å². The van der Waals surface area contributed by atoms with Crippen LogP contribution in [-0.4, -0.2) is 12.9 Å². The van der Waals surface area contributed by atoms with Crippen molar-refractivity contribution in [1.29, 1.82) is 0 Å². The van der Waals surface area contributed by atoms with Crippen molar-refractivity contribution < 1.29 is 14.2 Å². The molecule has 0 bridgehead atoms. The third kappa shape index (κ3) is 6.79. The normalized spacial score (nSPS) is 13.5. The number of para-hydroxylation sites is 2. The smallest absolute Gasteiger partial charge is 0.211 e. The van der Waals surface area contributed by atoms with Crippen LogP contribution >= 0.6 is 0 Å². The summed E-state index contributed by atoms with van der Waals surface area (Å²) >= 11 is 0. The van der Waals surface area contributed by atoms with Crippen molar-refractivity contribution in [3.05, 3.63) is 174 Å². The van der Waals surface area contributed by atoms with Crippen molar-refractivity contribution in [2.24, 2.45) is 0 Å².